The Morgan fingerprint density at radius 3 is 2.63 bits per heavy atom. The van der Waals surface area contributed by atoms with Gasteiger partial charge in [0.25, 0.3) is 5.91 Å². The van der Waals surface area contributed by atoms with Crippen LogP contribution in [0.15, 0.2) is 72.1 Å². The summed E-state index contributed by atoms with van der Waals surface area (Å²) in [4.78, 5) is 12.2. The largest absolute Gasteiger partial charge is 0.349 e. The lowest BCUT2D eigenvalue weighted by Gasteiger charge is -2.17. The summed E-state index contributed by atoms with van der Waals surface area (Å²) in [7, 11) is -3.74. The van der Waals surface area contributed by atoms with Crippen molar-refractivity contribution in [1.29, 1.82) is 0 Å². The van der Waals surface area contributed by atoms with Gasteiger partial charge in [-0.2, -0.15) is 4.31 Å². The van der Waals surface area contributed by atoms with Crippen molar-refractivity contribution in [3.05, 3.63) is 78.4 Å². The Balaban J connectivity index is 1.83. The number of carbonyl (C=O) groups is 1. The Labute approximate surface area is 159 Å². The highest BCUT2D eigenvalue weighted by atomic mass is 32.2. The van der Waals surface area contributed by atoms with Gasteiger partial charge in [0.15, 0.2) is 0 Å². The van der Waals surface area contributed by atoms with Crippen LogP contribution in [0, 0.1) is 0 Å². The molecule has 1 fully saturated rings. The van der Waals surface area contributed by atoms with Crippen molar-refractivity contribution in [2.24, 2.45) is 5.73 Å². The highest BCUT2D eigenvalue weighted by Crippen LogP contribution is 2.30. The van der Waals surface area contributed by atoms with Crippen molar-refractivity contribution in [3.8, 4) is 0 Å². The predicted octanol–water partition coefficient (Wildman–Crippen LogP) is 1.72. The minimum atomic E-state index is -3.74. The fraction of sp³-hybridized carbons (Fsp3) is 0.250. The van der Waals surface area contributed by atoms with Crippen LogP contribution in [0.2, 0.25) is 0 Å². The van der Waals surface area contributed by atoms with Gasteiger partial charge in [0, 0.05) is 37.2 Å². The van der Waals surface area contributed by atoms with E-state index in [0.717, 1.165) is 5.56 Å². The molecule has 0 saturated carbocycles. The fourth-order valence-corrected chi connectivity index (χ4v) is 4.80. The Morgan fingerprint density at radius 1 is 1.19 bits per heavy atom. The molecule has 3 N–H and O–H groups in total. The van der Waals surface area contributed by atoms with Gasteiger partial charge >= 0.3 is 0 Å². The minimum absolute atomic E-state index is 0.0555. The van der Waals surface area contributed by atoms with E-state index in [1.807, 2.05) is 30.3 Å². The van der Waals surface area contributed by atoms with Crippen molar-refractivity contribution in [1.82, 2.24) is 9.62 Å². The molecular formula is C20H23N3O3S. The summed E-state index contributed by atoms with van der Waals surface area (Å²) in [5.74, 6) is -0.396. The zero-order chi connectivity index (χ0) is 19.4. The average Bonchev–Trinajstić information content (AvgIpc) is 3.09. The van der Waals surface area contributed by atoms with Crippen LogP contribution in [-0.4, -0.2) is 44.3 Å². The molecule has 0 radical (unpaired) electrons. The molecule has 1 amide bonds. The second-order valence-corrected chi connectivity index (χ2v) is 8.47. The first-order chi connectivity index (χ1) is 12.9. The van der Waals surface area contributed by atoms with Crippen LogP contribution in [0.4, 0.5) is 0 Å². The fourth-order valence-electron chi connectivity index (χ4n) is 3.25. The van der Waals surface area contributed by atoms with Crippen LogP contribution in [0.1, 0.15) is 21.8 Å². The van der Waals surface area contributed by atoms with E-state index in [1.165, 1.54) is 16.4 Å². The normalized spacial score (nSPS) is 20.3. The molecule has 6 nitrogen and oxygen atoms in total. The van der Waals surface area contributed by atoms with Crippen molar-refractivity contribution in [2.45, 2.75) is 16.9 Å². The molecule has 2 aromatic carbocycles. The van der Waals surface area contributed by atoms with Crippen LogP contribution >= 0.6 is 0 Å². The summed E-state index contributed by atoms with van der Waals surface area (Å²) in [5, 5.41) is 2.65. The number of carbonyl (C=O) groups excluding carboxylic acids is 1. The molecule has 3 rings (SSSR count). The van der Waals surface area contributed by atoms with Gasteiger partial charge in [0.2, 0.25) is 10.0 Å². The zero-order valence-corrected chi connectivity index (χ0v) is 15.7. The molecule has 0 bridgehead atoms. The zero-order valence-electron chi connectivity index (χ0n) is 14.9. The van der Waals surface area contributed by atoms with E-state index in [9.17, 15) is 13.2 Å². The number of nitrogens with one attached hydrogen (secondary N) is 1. The lowest BCUT2D eigenvalue weighted by Crippen LogP contribution is -2.32. The van der Waals surface area contributed by atoms with E-state index in [-0.39, 0.29) is 29.3 Å². The topological polar surface area (TPSA) is 92.5 Å². The Hall–Kier alpha value is -2.48. The summed E-state index contributed by atoms with van der Waals surface area (Å²) < 4.78 is 27.5. The molecule has 1 aliphatic rings. The average molecular weight is 385 g/mol. The first-order valence-electron chi connectivity index (χ1n) is 8.73. The molecular weight excluding hydrogens is 362 g/mol. The lowest BCUT2D eigenvalue weighted by atomic mass is 9.95. The quantitative estimate of drug-likeness (QED) is 0.741. The van der Waals surface area contributed by atoms with E-state index >= 15 is 0 Å². The Kier molecular flexibility index (Phi) is 5.74. The number of nitrogens with zero attached hydrogens (tertiary/aromatic N) is 1. The number of sulfonamides is 1. The monoisotopic (exact) mass is 385 g/mol. The van der Waals surface area contributed by atoms with E-state index in [0.29, 0.717) is 18.7 Å². The summed E-state index contributed by atoms with van der Waals surface area (Å²) >= 11 is 0. The van der Waals surface area contributed by atoms with Crippen LogP contribution in [0.5, 0.6) is 0 Å². The van der Waals surface area contributed by atoms with Gasteiger partial charge in [-0.25, -0.2) is 8.42 Å². The molecule has 0 unspecified atom stereocenters. The molecule has 1 heterocycles. The molecule has 7 heteroatoms. The van der Waals surface area contributed by atoms with Gasteiger partial charge in [0.05, 0.1) is 4.90 Å². The molecule has 2 atom stereocenters. The second kappa shape index (κ2) is 8.04. The molecule has 27 heavy (non-hydrogen) atoms. The predicted molar refractivity (Wildman–Crippen MR) is 105 cm³/mol. The standard InChI is InChI=1S/C20H23N3O3S/c1-2-11-22-20(24)16-9-6-10-17(12-16)27(25,26)23-13-18(19(21)14-23)15-7-4-3-5-8-15/h2-10,12,18-19H,1,11,13-14,21H2,(H,22,24)/t18-,19+/m0/s1. The Morgan fingerprint density at radius 2 is 1.93 bits per heavy atom. The van der Waals surface area contributed by atoms with Crippen LogP contribution in [0.25, 0.3) is 0 Å². The molecule has 142 valence electrons. The Bertz CT molecular complexity index is 928. The maximum atomic E-state index is 13.1. The van der Waals surface area contributed by atoms with Crippen molar-refractivity contribution >= 4 is 15.9 Å². The molecule has 1 saturated heterocycles. The van der Waals surface area contributed by atoms with Crippen molar-refractivity contribution < 1.29 is 13.2 Å². The van der Waals surface area contributed by atoms with Gasteiger partial charge in [-0.15, -0.1) is 6.58 Å². The number of benzene rings is 2. The van der Waals surface area contributed by atoms with Crippen molar-refractivity contribution in [2.75, 3.05) is 19.6 Å². The van der Waals surface area contributed by atoms with Crippen LogP contribution < -0.4 is 11.1 Å². The van der Waals surface area contributed by atoms with E-state index < -0.39 is 10.0 Å². The molecule has 2 aromatic rings. The third kappa shape index (κ3) is 4.10. The molecule has 0 aliphatic carbocycles. The van der Waals surface area contributed by atoms with Gasteiger partial charge in [-0.05, 0) is 23.8 Å². The van der Waals surface area contributed by atoms with Crippen LogP contribution in [-0.2, 0) is 10.0 Å². The first kappa shape index (κ1) is 19.3. The molecule has 0 spiro atoms. The number of amides is 1. The highest BCUT2D eigenvalue weighted by molar-refractivity contribution is 7.89. The first-order valence-corrected chi connectivity index (χ1v) is 10.2. The number of rotatable bonds is 6. The van der Waals surface area contributed by atoms with Crippen LogP contribution in [0.3, 0.4) is 0 Å². The summed E-state index contributed by atoms with van der Waals surface area (Å²) in [6.07, 6.45) is 1.56. The third-order valence-electron chi connectivity index (χ3n) is 4.70. The van der Waals surface area contributed by atoms with Gasteiger partial charge in [0.1, 0.15) is 0 Å². The van der Waals surface area contributed by atoms with Gasteiger partial charge in [-0.3, -0.25) is 4.79 Å². The van der Waals surface area contributed by atoms with E-state index in [2.05, 4.69) is 11.9 Å². The van der Waals surface area contributed by atoms with E-state index in [1.54, 1.807) is 18.2 Å². The number of nitrogens with two attached hydrogens (primary N) is 1. The van der Waals surface area contributed by atoms with E-state index in [4.69, 9.17) is 5.73 Å². The minimum Gasteiger partial charge on any atom is -0.349 e. The molecule has 0 aromatic heterocycles. The summed E-state index contributed by atoms with van der Waals surface area (Å²) in [6.45, 7) is 4.43. The highest BCUT2D eigenvalue weighted by Gasteiger charge is 2.38. The van der Waals surface area contributed by atoms with Crippen molar-refractivity contribution in [3.63, 3.8) is 0 Å². The molecule has 1 aliphatic heterocycles. The smallest absolute Gasteiger partial charge is 0.251 e. The number of hydrogen-bond acceptors (Lipinski definition) is 4. The maximum absolute atomic E-state index is 13.1. The summed E-state index contributed by atoms with van der Waals surface area (Å²) in [5.41, 5.74) is 7.55. The lowest BCUT2D eigenvalue weighted by molar-refractivity contribution is 0.0958. The third-order valence-corrected chi connectivity index (χ3v) is 6.53. The maximum Gasteiger partial charge on any atom is 0.251 e. The summed E-state index contributed by atoms with van der Waals surface area (Å²) in [6, 6.07) is 15.5. The van der Waals surface area contributed by atoms with Gasteiger partial charge in [-0.1, -0.05) is 42.5 Å². The van der Waals surface area contributed by atoms with Gasteiger partial charge < -0.3 is 11.1 Å². The number of hydrogen-bond donors (Lipinski definition) is 2. The SMILES string of the molecule is C=CCNC(=O)c1cccc(S(=O)(=O)N2C[C@@H](N)[C@H](c3ccccc3)C2)c1. The second-order valence-electron chi connectivity index (χ2n) is 6.53.